The molecule has 0 spiro atoms. The highest BCUT2D eigenvalue weighted by Gasteiger charge is 2.33. The third kappa shape index (κ3) is 3.91. The molecule has 1 aliphatic heterocycles. The van der Waals surface area contributed by atoms with E-state index in [1.54, 1.807) is 6.07 Å². The van der Waals surface area contributed by atoms with Crippen LogP contribution in [0.3, 0.4) is 0 Å². The summed E-state index contributed by atoms with van der Waals surface area (Å²) in [5.74, 6) is 0.601. The number of halogens is 1. The first-order chi connectivity index (χ1) is 14.1. The van der Waals surface area contributed by atoms with Gasteiger partial charge in [-0.1, -0.05) is 41.9 Å². The van der Waals surface area contributed by atoms with Crippen LogP contribution in [0.15, 0.2) is 48.5 Å². The van der Waals surface area contributed by atoms with Crippen LogP contribution in [0.4, 0.5) is 5.82 Å². The molecule has 0 amide bonds. The first kappa shape index (κ1) is 19.6. The molecule has 1 atom stereocenters. The molecule has 1 fully saturated rings. The number of piperazine rings is 1. The molecule has 7 heteroatoms. The maximum atomic E-state index is 12.6. The molecule has 1 aliphatic rings. The Morgan fingerprint density at radius 1 is 1.00 bits per heavy atom. The van der Waals surface area contributed by atoms with Crippen LogP contribution in [0.25, 0.3) is 11.0 Å². The van der Waals surface area contributed by atoms with Crippen LogP contribution >= 0.6 is 11.6 Å². The van der Waals surface area contributed by atoms with Gasteiger partial charge in [-0.25, -0.2) is 14.8 Å². The van der Waals surface area contributed by atoms with Gasteiger partial charge in [0, 0.05) is 31.2 Å². The van der Waals surface area contributed by atoms with Gasteiger partial charge < -0.3 is 9.64 Å². The maximum Gasteiger partial charge on any atom is 0.327 e. The zero-order valence-electron chi connectivity index (χ0n) is 16.5. The number of benzene rings is 2. The largest absolute Gasteiger partial charge is 0.468 e. The second-order valence-corrected chi connectivity index (χ2v) is 7.50. The highest BCUT2D eigenvalue weighted by molar-refractivity contribution is 6.31. The summed E-state index contributed by atoms with van der Waals surface area (Å²) in [5, 5.41) is 0.571. The van der Waals surface area contributed by atoms with E-state index in [4.69, 9.17) is 26.3 Å². The molecule has 4 rings (SSSR count). The molecule has 2 aromatic carbocycles. The number of esters is 1. The lowest BCUT2D eigenvalue weighted by atomic mass is 10.0. The highest BCUT2D eigenvalue weighted by Crippen LogP contribution is 2.30. The van der Waals surface area contributed by atoms with Crippen LogP contribution in [-0.2, 0) is 9.53 Å². The topological polar surface area (TPSA) is 58.6 Å². The predicted molar refractivity (Wildman–Crippen MR) is 114 cm³/mol. The Balaban J connectivity index is 1.56. The highest BCUT2D eigenvalue weighted by atomic mass is 35.5. The van der Waals surface area contributed by atoms with Gasteiger partial charge in [0.15, 0.2) is 5.82 Å². The van der Waals surface area contributed by atoms with Crippen molar-refractivity contribution in [3.63, 3.8) is 0 Å². The summed E-state index contributed by atoms with van der Waals surface area (Å²) < 4.78 is 5.08. The number of fused-ring (bicyclic) bond motifs is 1. The van der Waals surface area contributed by atoms with Gasteiger partial charge in [0.25, 0.3) is 0 Å². The lowest BCUT2D eigenvalue weighted by molar-refractivity contribution is -0.147. The number of aryl methyl sites for hydroxylation is 1. The monoisotopic (exact) mass is 410 g/mol. The van der Waals surface area contributed by atoms with Crippen molar-refractivity contribution < 1.29 is 9.53 Å². The average Bonchev–Trinajstić information content (AvgIpc) is 2.75. The SMILES string of the molecule is COC(=O)C(c1ccccc1Cl)N1CCN(c2nc3ccccc3nc2C)CC1. The van der Waals surface area contributed by atoms with E-state index < -0.39 is 6.04 Å². The third-order valence-electron chi connectivity index (χ3n) is 5.32. The number of hydrogen-bond acceptors (Lipinski definition) is 6. The number of hydrogen-bond donors (Lipinski definition) is 0. The minimum atomic E-state index is -0.514. The zero-order valence-corrected chi connectivity index (χ0v) is 17.3. The summed E-state index contributed by atoms with van der Waals surface area (Å²) in [5.41, 5.74) is 3.47. The number of carbonyl (C=O) groups is 1. The fourth-order valence-corrected chi connectivity index (χ4v) is 4.09. The Morgan fingerprint density at radius 3 is 2.28 bits per heavy atom. The lowest BCUT2D eigenvalue weighted by Gasteiger charge is -2.39. The van der Waals surface area contributed by atoms with Crippen molar-refractivity contribution in [2.75, 3.05) is 38.2 Å². The molecule has 0 radical (unpaired) electrons. The number of para-hydroxylation sites is 2. The number of nitrogens with zero attached hydrogens (tertiary/aromatic N) is 4. The van der Waals surface area contributed by atoms with E-state index in [1.807, 2.05) is 49.4 Å². The molecule has 1 saturated heterocycles. The van der Waals surface area contributed by atoms with Crippen molar-refractivity contribution in [2.45, 2.75) is 13.0 Å². The molecule has 3 aromatic rings. The van der Waals surface area contributed by atoms with E-state index in [2.05, 4.69) is 9.80 Å². The summed E-state index contributed by atoms with van der Waals surface area (Å²) in [6.07, 6.45) is 0. The maximum absolute atomic E-state index is 12.6. The summed E-state index contributed by atoms with van der Waals surface area (Å²) in [4.78, 5) is 26.4. The van der Waals surface area contributed by atoms with Crippen LogP contribution in [-0.4, -0.2) is 54.1 Å². The fourth-order valence-electron chi connectivity index (χ4n) is 3.85. The quantitative estimate of drug-likeness (QED) is 0.612. The summed E-state index contributed by atoms with van der Waals surface area (Å²) >= 11 is 6.38. The van der Waals surface area contributed by atoms with Crippen LogP contribution in [0.5, 0.6) is 0 Å². The van der Waals surface area contributed by atoms with Crippen molar-refractivity contribution >= 4 is 34.4 Å². The Labute approximate surface area is 175 Å². The summed E-state index contributed by atoms with van der Waals surface area (Å²) in [6.45, 7) is 4.86. The van der Waals surface area contributed by atoms with E-state index in [9.17, 15) is 4.79 Å². The number of aromatic nitrogens is 2. The molecule has 150 valence electrons. The number of anilines is 1. The van der Waals surface area contributed by atoms with Crippen LogP contribution in [0.1, 0.15) is 17.3 Å². The van der Waals surface area contributed by atoms with Gasteiger partial charge in [0.05, 0.1) is 23.8 Å². The normalized spacial score (nSPS) is 16.0. The van der Waals surface area contributed by atoms with Gasteiger partial charge in [-0.3, -0.25) is 4.90 Å². The van der Waals surface area contributed by atoms with Crippen molar-refractivity contribution in [2.24, 2.45) is 0 Å². The van der Waals surface area contributed by atoms with Crippen LogP contribution in [0, 0.1) is 6.92 Å². The van der Waals surface area contributed by atoms with E-state index in [-0.39, 0.29) is 5.97 Å². The van der Waals surface area contributed by atoms with Crippen molar-refractivity contribution in [1.82, 2.24) is 14.9 Å². The fraction of sp³-hybridized carbons (Fsp3) is 0.318. The van der Waals surface area contributed by atoms with E-state index >= 15 is 0 Å². The molecule has 6 nitrogen and oxygen atoms in total. The molecule has 29 heavy (non-hydrogen) atoms. The summed E-state index contributed by atoms with van der Waals surface area (Å²) in [7, 11) is 1.41. The number of rotatable bonds is 4. The lowest BCUT2D eigenvalue weighted by Crippen LogP contribution is -2.50. The van der Waals surface area contributed by atoms with E-state index in [0.29, 0.717) is 18.1 Å². The van der Waals surface area contributed by atoms with E-state index in [1.165, 1.54) is 7.11 Å². The molecular formula is C22H23ClN4O2. The molecule has 1 unspecified atom stereocenters. The Kier molecular flexibility index (Phi) is 5.65. The molecule has 0 bridgehead atoms. The smallest absolute Gasteiger partial charge is 0.327 e. The second-order valence-electron chi connectivity index (χ2n) is 7.09. The first-order valence-corrected chi connectivity index (χ1v) is 10.0. The van der Waals surface area contributed by atoms with Crippen molar-refractivity contribution in [3.05, 3.63) is 64.8 Å². The average molecular weight is 411 g/mol. The molecule has 0 saturated carbocycles. The Hall–Kier alpha value is -2.70. The molecule has 0 N–H and O–H groups in total. The van der Waals surface area contributed by atoms with Gasteiger partial charge in [0.2, 0.25) is 0 Å². The number of ether oxygens (including phenoxy) is 1. The molecule has 2 heterocycles. The predicted octanol–water partition coefficient (Wildman–Crippen LogP) is 3.63. The third-order valence-corrected chi connectivity index (χ3v) is 5.67. The van der Waals surface area contributed by atoms with Gasteiger partial charge >= 0.3 is 5.97 Å². The number of methoxy groups -OCH3 is 1. The van der Waals surface area contributed by atoms with E-state index in [0.717, 1.165) is 41.2 Å². The Morgan fingerprint density at radius 2 is 1.62 bits per heavy atom. The summed E-state index contributed by atoms with van der Waals surface area (Å²) in [6, 6.07) is 14.8. The second kappa shape index (κ2) is 8.35. The van der Waals surface area contributed by atoms with Gasteiger partial charge in [-0.2, -0.15) is 0 Å². The van der Waals surface area contributed by atoms with Crippen molar-refractivity contribution in [1.29, 1.82) is 0 Å². The zero-order chi connectivity index (χ0) is 20.4. The van der Waals surface area contributed by atoms with Gasteiger partial charge in [-0.05, 0) is 30.7 Å². The van der Waals surface area contributed by atoms with Gasteiger partial charge in [-0.15, -0.1) is 0 Å². The molecule has 1 aromatic heterocycles. The molecular weight excluding hydrogens is 388 g/mol. The number of carbonyl (C=O) groups excluding carboxylic acids is 1. The minimum absolute atomic E-state index is 0.298. The van der Waals surface area contributed by atoms with Crippen LogP contribution < -0.4 is 4.90 Å². The first-order valence-electron chi connectivity index (χ1n) is 9.63. The minimum Gasteiger partial charge on any atom is -0.468 e. The van der Waals surface area contributed by atoms with Crippen molar-refractivity contribution in [3.8, 4) is 0 Å². The molecule has 0 aliphatic carbocycles. The van der Waals surface area contributed by atoms with Crippen LogP contribution in [0.2, 0.25) is 5.02 Å². The standard InChI is InChI=1S/C22H23ClN4O2/c1-15-21(25-19-10-6-5-9-18(19)24-15)27-13-11-26(12-14-27)20(22(28)29-2)16-7-3-4-8-17(16)23/h3-10,20H,11-14H2,1-2H3. The Bertz CT molecular complexity index is 1030. The van der Waals surface area contributed by atoms with Gasteiger partial charge in [0.1, 0.15) is 6.04 Å².